The van der Waals surface area contributed by atoms with Crippen LogP contribution in [0.25, 0.3) is 0 Å². The zero-order valence-electron chi connectivity index (χ0n) is 5.70. The molecule has 1 aromatic rings. The van der Waals surface area contributed by atoms with Gasteiger partial charge in [0.05, 0.1) is 4.90 Å². The molecule has 59 valence electrons. The number of aromatic nitrogens is 1. The third-order valence-corrected chi connectivity index (χ3v) is 2.27. The van der Waals surface area contributed by atoms with Crippen molar-refractivity contribution < 1.29 is 8.42 Å². The monoisotopic (exact) mass is 190 g/mol. The van der Waals surface area contributed by atoms with Crippen molar-refractivity contribution >= 4 is 21.4 Å². The van der Waals surface area contributed by atoms with E-state index in [0.717, 1.165) is 6.26 Å². The second-order valence-electron chi connectivity index (χ2n) is 2.00. The van der Waals surface area contributed by atoms with Gasteiger partial charge in [0, 0.05) is 18.5 Å². The maximum absolute atomic E-state index is 10.9. The Bertz CT molecular complexity index is 361. The molecule has 0 spiro atoms. The van der Waals surface area contributed by atoms with E-state index in [1.807, 2.05) is 0 Å². The number of rotatable bonds is 1. The van der Waals surface area contributed by atoms with Gasteiger partial charge in [-0.05, 0) is 6.07 Å². The predicted octanol–water partition coefficient (Wildman–Crippen LogP) is 0.939. The van der Waals surface area contributed by atoms with Gasteiger partial charge in [0.25, 0.3) is 0 Å². The molecular weight excluding hydrogens is 186 g/mol. The molecule has 0 aromatic carbocycles. The van der Waals surface area contributed by atoms with Crippen molar-refractivity contribution in [3.63, 3.8) is 0 Å². The zero-order valence-corrected chi connectivity index (χ0v) is 7.28. The molecule has 0 bridgehead atoms. The van der Waals surface area contributed by atoms with E-state index in [1.54, 1.807) is 0 Å². The van der Waals surface area contributed by atoms with Crippen molar-refractivity contribution in [2.24, 2.45) is 0 Å². The lowest BCUT2D eigenvalue weighted by Gasteiger charge is -1.94. The number of hydrogen-bond donors (Lipinski definition) is 0. The van der Waals surface area contributed by atoms with Gasteiger partial charge in [0.1, 0.15) is 5.15 Å². The molecule has 0 aliphatic heterocycles. The van der Waals surface area contributed by atoms with Crippen LogP contribution in [0.1, 0.15) is 0 Å². The van der Waals surface area contributed by atoms with Crippen LogP contribution in [0.3, 0.4) is 0 Å². The third-order valence-electron chi connectivity index (χ3n) is 1.04. The Balaban J connectivity index is 3.28. The van der Waals surface area contributed by atoms with Gasteiger partial charge < -0.3 is 0 Å². The minimum Gasteiger partial charge on any atom is -0.244 e. The van der Waals surface area contributed by atoms with Crippen LogP contribution >= 0.6 is 11.6 Å². The van der Waals surface area contributed by atoms with Crippen LogP contribution in [0.15, 0.2) is 17.2 Å². The zero-order chi connectivity index (χ0) is 8.48. The van der Waals surface area contributed by atoms with E-state index in [-0.39, 0.29) is 10.0 Å². The molecule has 0 unspecified atom stereocenters. The van der Waals surface area contributed by atoms with Crippen molar-refractivity contribution in [1.82, 2.24) is 4.98 Å². The van der Waals surface area contributed by atoms with Gasteiger partial charge in [-0.15, -0.1) is 0 Å². The van der Waals surface area contributed by atoms with Gasteiger partial charge in [0.2, 0.25) is 0 Å². The smallest absolute Gasteiger partial charge is 0.176 e. The molecule has 3 nitrogen and oxygen atoms in total. The van der Waals surface area contributed by atoms with Crippen LogP contribution in [0.2, 0.25) is 5.15 Å². The van der Waals surface area contributed by atoms with Gasteiger partial charge in [-0.25, -0.2) is 13.4 Å². The van der Waals surface area contributed by atoms with E-state index in [1.165, 1.54) is 12.3 Å². The average Bonchev–Trinajstić information content (AvgIpc) is 1.86. The highest BCUT2D eigenvalue weighted by molar-refractivity contribution is 7.90. The van der Waals surface area contributed by atoms with Crippen molar-refractivity contribution in [3.8, 4) is 0 Å². The molecule has 1 rings (SSSR count). The molecule has 0 saturated carbocycles. The average molecular weight is 191 g/mol. The van der Waals surface area contributed by atoms with Gasteiger partial charge in [-0.1, -0.05) is 11.6 Å². The predicted molar refractivity (Wildman–Crippen MR) is 41.2 cm³/mol. The van der Waals surface area contributed by atoms with Crippen LogP contribution in [0, 0.1) is 6.07 Å². The maximum atomic E-state index is 10.9. The highest BCUT2D eigenvalue weighted by Gasteiger charge is 2.06. The lowest BCUT2D eigenvalue weighted by molar-refractivity contribution is 0.601. The summed E-state index contributed by atoms with van der Waals surface area (Å²) < 4.78 is 21.7. The SMILES string of the molecule is CS(=O)(=O)c1[c]c(Cl)ncc1. The molecule has 11 heavy (non-hydrogen) atoms. The molecule has 0 amide bonds. The Kier molecular flexibility index (Phi) is 2.15. The highest BCUT2D eigenvalue weighted by Crippen LogP contribution is 2.10. The largest absolute Gasteiger partial charge is 0.244 e. The topological polar surface area (TPSA) is 47.0 Å². The normalized spacial score (nSPS) is 11.5. The fourth-order valence-electron chi connectivity index (χ4n) is 0.562. The van der Waals surface area contributed by atoms with Crippen LogP contribution in [0.4, 0.5) is 0 Å². The molecular formula is C6H5ClNO2S. The highest BCUT2D eigenvalue weighted by atomic mass is 35.5. The number of hydrogen-bond acceptors (Lipinski definition) is 3. The molecule has 1 aromatic heterocycles. The van der Waals surface area contributed by atoms with Crippen LogP contribution in [0.5, 0.6) is 0 Å². The molecule has 5 heteroatoms. The van der Waals surface area contributed by atoms with Crippen molar-refractivity contribution in [2.45, 2.75) is 4.90 Å². The van der Waals surface area contributed by atoms with Gasteiger partial charge in [0.15, 0.2) is 9.84 Å². The number of halogens is 1. The first kappa shape index (κ1) is 8.49. The second-order valence-corrected chi connectivity index (χ2v) is 4.34. The van der Waals surface area contributed by atoms with Crippen LogP contribution < -0.4 is 0 Å². The van der Waals surface area contributed by atoms with E-state index in [9.17, 15) is 8.42 Å². The molecule has 1 heterocycles. The minimum absolute atomic E-state index is 0.0629. The Morgan fingerprint density at radius 1 is 1.64 bits per heavy atom. The molecule has 0 aliphatic carbocycles. The van der Waals surface area contributed by atoms with Gasteiger partial charge in [-0.2, -0.15) is 0 Å². The summed E-state index contributed by atoms with van der Waals surface area (Å²) in [7, 11) is -3.21. The standard InChI is InChI=1S/C6H5ClNO2S/c1-11(9,10)5-2-3-8-6(7)4-5/h2-3H,1H3. The number of pyridine rings is 1. The van der Waals surface area contributed by atoms with Crippen LogP contribution in [-0.2, 0) is 9.84 Å². The quantitative estimate of drug-likeness (QED) is 0.620. The van der Waals surface area contributed by atoms with Crippen LogP contribution in [-0.4, -0.2) is 19.7 Å². The van der Waals surface area contributed by atoms with E-state index in [2.05, 4.69) is 11.1 Å². The summed E-state index contributed by atoms with van der Waals surface area (Å²) in [6.45, 7) is 0. The Morgan fingerprint density at radius 2 is 2.27 bits per heavy atom. The third kappa shape index (κ3) is 2.17. The van der Waals surface area contributed by atoms with E-state index >= 15 is 0 Å². The minimum atomic E-state index is -3.21. The van der Waals surface area contributed by atoms with E-state index in [0.29, 0.717) is 0 Å². The maximum Gasteiger partial charge on any atom is 0.176 e. The summed E-state index contributed by atoms with van der Waals surface area (Å²) in [6.07, 6.45) is 2.42. The molecule has 0 fully saturated rings. The lowest BCUT2D eigenvalue weighted by atomic mass is 10.5. The lowest BCUT2D eigenvalue weighted by Crippen LogP contribution is -1.97. The fraction of sp³-hybridized carbons (Fsp3) is 0.167. The first-order valence-electron chi connectivity index (χ1n) is 2.74. The van der Waals surface area contributed by atoms with Crippen molar-refractivity contribution in [3.05, 3.63) is 23.5 Å². The Morgan fingerprint density at radius 3 is 2.64 bits per heavy atom. The fourth-order valence-corrected chi connectivity index (χ4v) is 1.37. The number of nitrogens with zero attached hydrogens (tertiary/aromatic N) is 1. The summed E-state index contributed by atoms with van der Waals surface area (Å²) in [6, 6.07) is 3.76. The summed E-state index contributed by atoms with van der Waals surface area (Å²) in [5, 5.41) is 0.0629. The Hall–Kier alpha value is -0.610. The first-order valence-corrected chi connectivity index (χ1v) is 5.01. The van der Waals surface area contributed by atoms with E-state index < -0.39 is 9.84 Å². The van der Waals surface area contributed by atoms with Gasteiger partial charge >= 0.3 is 0 Å². The summed E-state index contributed by atoms with van der Waals surface area (Å²) >= 11 is 5.42. The summed E-state index contributed by atoms with van der Waals surface area (Å²) in [4.78, 5) is 3.67. The number of sulfone groups is 1. The Labute approximate surface area is 69.9 Å². The molecule has 1 radical (unpaired) electrons. The molecule has 0 saturated heterocycles. The van der Waals surface area contributed by atoms with Crippen molar-refractivity contribution in [2.75, 3.05) is 6.26 Å². The van der Waals surface area contributed by atoms with E-state index in [4.69, 9.17) is 11.6 Å². The van der Waals surface area contributed by atoms with Gasteiger partial charge in [-0.3, -0.25) is 0 Å². The first-order chi connectivity index (χ1) is 5.00. The molecule has 0 N–H and O–H groups in total. The summed E-state index contributed by atoms with van der Waals surface area (Å²) in [5.41, 5.74) is 0. The van der Waals surface area contributed by atoms with Crippen molar-refractivity contribution in [1.29, 1.82) is 0 Å². The molecule has 0 atom stereocenters. The summed E-state index contributed by atoms with van der Waals surface area (Å²) in [5.74, 6) is 0. The second kappa shape index (κ2) is 2.79. The molecule has 0 aliphatic rings.